The van der Waals surface area contributed by atoms with Crippen molar-refractivity contribution in [2.45, 2.75) is 0 Å². The van der Waals surface area contributed by atoms with Crippen LogP contribution in [0.4, 0.5) is 10.1 Å². The van der Waals surface area contributed by atoms with Gasteiger partial charge in [0.15, 0.2) is 0 Å². The Morgan fingerprint density at radius 2 is 2.25 bits per heavy atom. The molecule has 1 rings (SSSR count). The van der Waals surface area contributed by atoms with Crippen LogP contribution in [-0.4, -0.2) is 19.3 Å². The van der Waals surface area contributed by atoms with E-state index in [1.165, 1.54) is 12.1 Å². The first-order valence-corrected chi connectivity index (χ1v) is 4.45. The van der Waals surface area contributed by atoms with E-state index in [-0.39, 0.29) is 5.82 Å². The van der Waals surface area contributed by atoms with E-state index < -0.39 is 0 Å². The van der Waals surface area contributed by atoms with Gasteiger partial charge in [-0.2, -0.15) is 12.6 Å². The summed E-state index contributed by atoms with van der Waals surface area (Å²) in [5.41, 5.74) is 0.893. The SMILES string of the molecule is CN(CCS)c1cccc(F)c1. The molecule has 0 unspecified atom stereocenters. The highest BCUT2D eigenvalue weighted by atomic mass is 32.1. The second kappa shape index (κ2) is 4.36. The Hall–Kier alpha value is -0.700. The standard InChI is InChI=1S/C9H12FNS/c1-11(5-6-12)9-4-2-3-8(10)7-9/h2-4,7,12H,5-6H2,1H3. The van der Waals surface area contributed by atoms with Gasteiger partial charge >= 0.3 is 0 Å². The van der Waals surface area contributed by atoms with Gasteiger partial charge in [-0.05, 0) is 18.2 Å². The van der Waals surface area contributed by atoms with Crippen molar-refractivity contribution in [3.05, 3.63) is 30.1 Å². The summed E-state index contributed by atoms with van der Waals surface area (Å²) < 4.78 is 12.7. The molecule has 0 saturated carbocycles. The minimum Gasteiger partial charge on any atom is -0.374 e. The fraction of sp³-hybridized carbons (Fsp3) is 0.333. The number of benzene rings is 1. The van der Waals surface area contributed by atoms with Crippen LogP contribution in [0.1, 0.15) is 0 Å². The summed E-state index contributed by atoms with van der Waals surface area (Å²) in [6.07, 6.45) is 0. The molecule has 0 saturated heterocycles. The molecule has 0 aliphatic rings. The molecule has 0 radical (unpaired) electrons. The molecule has 0 spiro atoms. The minimum atomic E-state index is -0.196. The highest BCUT2D eigenvalue weighted by Gasteiger charge is 1.99. The van der Waals surface area contributed by atoms with E-state index in [1.807, 2.05) is 18.0 Å². The molecule has 12 heavy (non-hydrogen) atoms. The van der Waals surface area contributed by atoms with Gasteiger partial charge < -0.3 is 4.90 Å². The molecular weight excluding hydrogens is 173 g/mol. The van der Waals surface area contributed by atoms with Gasteiger partial charge in [0.25, 0.3) is 0 Å². The highest BCUT2D eigenvalue weighted by Crippen LogP contribution is 2.13. The molecule has 0 bridgehead atoms. The third-order valence-corrected chi connectivity index (χ3v) is 1.88. The largest absolute Gasteiger partial charge is 0.374 e. The van der Waals surface area contributed by atoms with E-state index in [9.17, 15) is 4.39 Å². The number of hydrogen-bond donors (Lipinski definition) is 1. The normalized spacial score (nSPS) is 9.92. The average molecular weight is 185 g/mol. The molecule has 0 aliphatic heterocycles. The van der Waals surface area contributed by atoms with Gasteiger partial charge in [-0.1, -0.05) is 6.07 Å². The maximum absolute atomic E-state index is 12.7. The predicted molar refractivity (Wildman–Crippen MR) is 53.5 cm³/mol. The number of rotatable bonds is 3. The summed E-state index contributed by atoms with van der Waals surface area (Å²) >= 11 is 4.10. The molecule has 3 heteroatoms. The lowest BCUT2D eigenvalue weighted by molar-refractivity contribution is 0.627. The van der Waals surface area contributed by atoms with Gasteiger partial charge in [-0.25, -0.2) is 4.39 Å². The Morgan fingerprint density at radius 1 is 1.50 bits per heavy atom. The number of hydrogen-bond acceptors (Lipinski definition) is 2. The van der Waals surface area contributed by atoms with E-state index in [0.717, 1.165) is 18.0 Å². The molecule has 0 atom stereocenters. The summed E-state index contributed by atoms with van der Waals surface area (Å²) in [5, 5.41) is 0. The van der Waals surface area contributed by atoms with Crippen molar-refractivity contribution in [2.75, 3.05) is 24.2 Å². The van der Waals surface area contributed by atoms with Crippen molar-refractivity contribution >= 4 is 18.3 Å². The Balaban J connectivity index is 2.73. The minimum absolute atomic E-state index is 0.196. The van der Waals surface area contributed by atoms with Gasteiger partial charge in [0, 0.05) is 25.0 Å². The van der Waals surface area contributed by atoms with E-state index in [1.54, 1.807) is 6.07 Å². The first-order chi connectivity index (χ1) is 5.74. The van der Waals surface area contributed by atoms with Crippen molar-refractivity contribution < 1.29 is 4.39 Å². The molecule has 0 aliphatic carbocycles. The van der Waals surface area contributed by atoms with Crippen LogP contribution in [0.15, 0.2) is 24.3 Å². The second-order valence-electron chi connectivity index (χ2n) is 2.63. The maximum Gasteiger partial charge on any atom is 0.125 e. The van der Waals surface area contributed by atoms with Crippen LogP contribution < -0.4 is 4.90 Å². The first kappa shape index (κ1) is 9.39. The van der Waals surface area contributed by atoms with Crippen LogP contribution in [0.25, 0.3) is 0 Å². The number of anilines is 1. The Morgan fingerprint density at radius 3 is 2.83 bits per heavy atom. The summed E-state index contributed by atoms with van der Waals surface area (Å²) in [6.45, 7) is 0.826. The third-order valence-electron chi connectivity index (χ3n) is 1.68. The Bertz CT molecular complexity index is 252. The lowest BCUT2D eigenvalue weighted by atomic mass is 10.3. The van der Waals surface area contributed by atoms with E-state index in [2.05, 4.69) is 12.6 Å². The maximum atomic E-state index is 12.7. The van der Waals surface area contributed by atoms with Crippen LogP contribution in [0.3, 0.4) is 0 Å². The lowest BCUT2D eigenvalue weighted by Crippen LogP contribution is -2.19. The molecular formula is C9H12FNS. The lowest BCUT2D eigenvalue weighted by Gasteiger charge is -2.17. The number of nitrogens with zero attached hydrogens (tertiary/aromatic N) is 1. The summed E-state index contributed by atoms with van der Waals surface area (Å²) in [6, 6.07) is 6.55. The van der Waals surface area contributed by atoms with Crippen molar-refractivity contribution in [1.82, 2.24) is 0 Å². The predicted octanol–water partition coefficient (Wildman–Crippen LogP) is 2.19. The zero-order chi connectivity index (χ0) is 8.97. The Kier molecular flexibility index (Phi) is 3.41. The van der Waals surface area contributed by atoms with Crippen molar-refractivity contribution in [1.29, 1.82) is 0 Å². The van der Waals surface area contributed by atoms with Crippen molar-refractivity contribution in [3.8, 4) is 0 Å². The van der Waals surface area contributed by atoms with E-state index in [0.29, 0.717) is 0 Å². The highest BCUT2D eigenvalue weighted by molar-refractivity contribution is 7.80. The number of thiol groups is 1. The number of halogens is 1. The van der Waals surface area contributed by atoms with Crippen LogP contribution in [0.5, 0.6) is 0 Å². The van der Waals surface area contributed by atoms with Crippen LogP contribution in [-0.2, 0) is 0 Å². The first-order valence-electron chi connectivity index (χ1n) is 3.81. The molecule has 1 aromatic rings. The zero-order valence-corrected chi connectivity index (χ0v) is 7.89. The van der Waals surface area contributed by atoms with Gasteiger partial charge in [-0.15, -0.1) is 0 Å². The van der Waals surface area contributed by atoms with Crippen molar-refractivity contribution in [3.63, 3.8) is 0 Å². The zero-order valence-electron chi connectivity index (χ0n) is 7.00. The van der Waals surface area contributed by atoms with Gasteiger partial charge in [0.1, 0.15) is 5.82 Å². The topological polar surface area (TPSA) is 3.24 Å². The van der Waals surface area contributed by atoms with Gasteiger partial charge in [0.2, 0.25) is 0 Å². The van der Waals surface area contributed by atoms with Gasteiger partial charge in [0.05, 0.1) is 0 Å². The summed E-state index contributed by atoms with van der Waals surface area (Å²) in [5.74, 6) is 0.575. The fourth-order valence-electron chi connectivity index (χ4n) is 0.993. The molecule has 1 nitrogen and oxygen atoms in total. The van der Waals surface area contributed by atoms with E-state index >= 15 is 0 Å². The molecule has 0 amide bonds. The monoisotopic (exact) mass is 185 g/mol. The quantitative estimate of drug-likeness (QED) is 0.706. The smallest absolute Gasteiger partial charge is 0.125 e. The molecule has 1 aromatic carbocycles. The molecule has 0 heterocycles. The molecule has 0 aromatic heterocycles. The summed E-state index contributed by atoms with van der Waals surface area (Å²) in [4.78, 5) is 1.97. The van der Waals surface area contributed by atoms with Crippen LogP contribution in [0, 0.1) is 5.82 Å². The fourth-order valence-corrected chi connectivity index (χ4v) is 1.29. The van der Waals surface area contributed by atoms with Crippen LogP contribution >= 0.6 is 12.6 Å². The average Bonchev–Trinajstić information content (AvgIpc) is 2.05. The van der Waals surface area contributed by atoms with Crippen molar-refractivity contribution in [2.24, 2.45) is 0 Å². The van der Waals surface area contributed by atoms with Gasteiger partial charge in [-0.3, -0.25) is 0 Å². The molecule has 0 N–H and O–H groups in total. The van der Waals surface area contributed by atoms with E-state index in [4.69, 9.17) is 0 Å². The summed E-state index contributed by atoms with van der Waals surface area (Å²) in [7, 11) is 1.92. The second-order valence-corrected chi connectivity index (χ2v) is 3.07. The third kappa shape index (κ3) is 2.41. The molecule has 66 valence electrons. The molecule has 0 fully saturated rings. The van der Waals surface area contributed by atoms with Crippen LogP contribution in [0.2, 0.25) is 0 Å². The Labute approximate surface area is 77.6 Å².